The lowest BCUT2D eigenvalue weighted by atomic mass is 10.0. The van der Waals surface area contributed by atoms with Crippen LogP contribution in [0.5, 0.6) is 0 Å². The van der Waals surface area contributed by atoms with E-state index in [1.807, 2.05) is 13.8 Å². The third-order valence-corrected chi connectivity index (χ3v) is 2.52. The zero-order valence-electron chi connectivity index (χ0n) is 7.98. The molecular weight excluding hydrogens is 204 g/mol. The van der Waals surface area contributed by atoms with Gasteiger partial charge in [-0.05, 0) is 13.0 Å². The molecule has 0 aliphatic carbocycles. The SMILES string of the molecule is CC(Cl)C(C)c1ccc([N+](=O)[O-])cn1. The van der Waals surface area contributed by atoms with E-state index in [9.17, 15) is 10.1 Å². The Bertz CT molecular complexity index is 324. The van der Waals surface area contributed by atoms with E-state index >= 15 is 0 Å². The number of aromatic nitrogens is 1. The molecule has 1 aromatic heterocycles. The first-order valence-corrected chi connectivity index (χ1v) is 4.70. The van der Waals surface area contributed by atoms with Gasteiger partial charge in [-0.2, -0.15) is 0 Å². The average molecular weight is 215 g/mol. The minimum absolute atomic E-state index is 0.00294. The molecule has 1 heterocycles. The van der Waals surface area contributed by atoms with E-state index in [4.69, 9.17) is 11.6 Å². The quantitative estimate of drug-likeness (QED) is 0.442. The lowest BCUT2D eigenvalue weighted by Crippen LogP contribution is -2.06. The van der Waals surface area contributed by atoms with Crippen LogP contribution in [-0.2, 0) is 0 Å². The van der Waals surface area contributed by atoms with Crippen LogP contribution in [0, 0.1) is 10.1 Å². The second-order valence-corrected chi connectivity index (χ2v) is 3.85. The van der Waals surface area contributed by atoms with Gasteiger partial charge in [0.05, 0.1) is 4.92 Å². The van der Waals surface area contributed by atoms with Crippen LogP contribution >= 0.6 is 11.6 Å². The molecule has 0 saturated heterocycles. The highest BCUT2D eigenvalue weighted by Gasteiger charge is 2.14. The number of halogens is 1. The Kier molecular flexibility index (Phi) is 3.41. The van der Waals surface area contributed by atoms with E-state index in [1.54, 1.807) is 6.07 Å². The molecule has 0 radical (unpaired) electrons. The summed E-state index contributed by atoms with van der Waals surface area (Å²) in [4.78, 5) is 13.9. The molecule has 14 heavy (non-hydrogen) atoms. The Labute approximate surface area is 87.1 Å². The topological polar surface area (TPSA) is 56.0 Å². The Hall–Kier alpha value is -1.16. The van der Waals surface area contributed by atoms with Crippen LogP contribution in [0.15, 0.2) is 18.3 Å². The number of pyridine rings is 1. The van der Waals surface area contributed by atoms with Crippen molar-refractivity contribution in [1.29, 1.82) is 0 Å². The first-order valence-electron chi connectivity index (χ1n) is 4.26. The number of hydrogen-bond donors (Lipinski definition) is 0. The van der Waals surface area contributed by atoms with E-state index in [0.29, 0.717) is 0 Å². The van der Waals surface area contributed by atoms with Crippen LogP contribution in [0.4, 0.5) is 5.69 Å². The Balaban J connectivity index is 2.88. The molecule has 1 rings (SSSR count). The standard InChI is InChI=1S/C9H11ClN2O2/c1-6(7(2)10)9-4-3-8(5-11-9)12(13)14/h3-7H,1-2H3. The van der Waals surface area contributed by atoms with Crippen molar-refractivity contribution in [2.75, 3.05) is 0 Å². The van der Waals surface area contributed by atoms with Gasteiger partial charge < -0.3 is 0 Å². The van der Waals surface area contributed by atoms with Gasteiger partial charge in [-0.15, -0.1) is 11.6 Å². The lowest BCUT2D eigenvalue weighted by Gasteiger charge is -2.12. The van der Waals surface area contributed by atoms with Crippen LogP contribution in [0.1, 0.15) is 25.5 Å². The fourth-order valence-corrected chi connectivity index (χ4v) is 1.14. The zero-order valence-corrected chi connectivity index (χ0v) is 8.73. The third-order valence-electron chi connectivity index (χ3n) is 2.14. The van der Waals surface area contributed by atoms with Crippen LogP contribution in [-0.4, -0.2) is 15.3 Å². The summed E-state index contributed by atoms with van der Waals surface area (Å²) in [6, 6.07) is 3.08. The van der Waals surface area contributed by atoms with Gasteiger partial charge in [0.25, 0.3) is 5.69 Å². The van der Waals surface area contributed by atoms with Crippen molar-refractivity contribution in [1.82, 2.24) is 4.98 Å². The molecular formula is C9H11ClN2O2. The Morgan fingerprint density at radius 1 is 1.50 bits per heavy atom. The summed E-state index contributed by atoms with van der Waals surface area (Å²) < 4.78 is 0. The first-order chi connectivity index (χ1) is 6.52. The highest BCUT2D eigenvalue weighted by molar-refractivity contribution is 6.20. The van der Waals surface area contributed by atoms with Crippen molar-refractivity contribution >= 4 is 17.3 Å². The predicted octanol–water partition coefficient (Wildman–Crippen LogP) is 2.72. The molecule has 0 saturated carbocycles. The summed E-state index contributed by atoms with van der Waals surface area (Å²) in [6.45, 7) is 3.81. The Morgan fingerprint density at radius 3 is 2.50 bits per heavy atom. The minimum Gasteiger partial charge on any atom is -0.258 e. The van der Waals surface area contributed by atoms with Crippen molar-refractivity contribution in [3.05, 3.63) is 34.1 Å². The number of rotatable bonds is 3. The molecule has 0 aliphatic heterocycles. The van der Waals surface area contributed by atoms with Gasteiger partial charge in [0.2, 0.25) is 0 Å². The number of hydrogen-bond acceptors (Lipinski definition) is 3. The van der Waals surface area contributed by atoms with Crippen molar-refractivity contribution < 1.29 is 4.92 Å². The summed E-state index contributed by atoms with van der Waals surface area (Å²) in [7, 11) is 0. The van der Waals surface area contributed by atoms with Gasteiger partial charge in [-0.3, -0.25) is 15.1 Å². The molecule has 1 aromatic rings. The molecule has 2 unspecified atom stereocenters. The van der Waals surface area contributed by atoms with Gasteiger partial charge in [0.15, 0.2) is 0 Å². The maximum atomic E-state index is 10.4. The van der Waals surface area contributed by atoms with Gasteiger partial charge in [0.1, 0.15) is 6.20 Å². The van der Waals surface area contributed by atoms with E-state index in [1.165, 1.54) is 12.3 Å². The lowest BCUT2D eigenvalue weighted by molar-refractivity contribution is -0.385. The van der Waals surface area contributed by atoms with E-state index in [2.05, 4.69) is 4.98 Å². The molecule has 0 aromatic carbocycles. The molecule has 5 heteroatoms. The number of nitro groups is 1. The summed E-state index contributed by atoms with van der Waals surface area (Å²) >= 11 is 5.89. The molecule has 0 aliphatic rings. The van der Waals surface area contributed by atoms with Crippen LogP contribution in [0.2, 0.25) is 0 Å². The molecule has 0 N–H and O–H groups in total. The maximum Gasteiger partial charge on any atom is 0.287 e. The number of nitrogens with zero attached hydrogens (tertiary/aromatic N) is 2. The van der Waals surface area contributed by atoms with Gasteiger partial charge >= 0.3 is 0 Å². The minimum atomic E-state index is -0.467. The largest absolute Gasteiger partial charge is 0.287 e. The summed E-state index contributed by atoms with van der Waals surface area (Å²) in [5, 5.41) is 10.3. The summed E-state index contributed by atoms with van der Waals surface area (Å²) in [5.41, 5.74) is 0.779. The molecule has 2 atom stereocenters. The second-order valence-electron chi connectivity index (χ2n) is 3.16. The van der Waals surface area contributed by atoms with Crippen LogP contribution in [0.25, 0.3) is 0 Å². The van der Waals surface area contributed by atoms with Crippen molar-refractivity contribution in [3.8, 4) is 0 Å². The fraction of sp³-hybridized carbons (Fsp3) is 0.444. The first kappa shape index (κ1) is 10.9. The molecule has 4 nitrogen and oxygen atoms in total. The van der Waals surface area contributed by atoms with Crippen LogP contribution < -0.4 is 0 Å². The molecule has 76 valence electrons. The summed E-state index contributed by atoms with van der Waals surface area (Å²) in [5.74, 6) is 0.0949. The van der Waals surface area contributed by atoms with Crippen LogP contribution in [0.3, 0.4) is 0 Å². The predicted molar refractivity (Wildman–Crippen MR) is 54.6 cm³/mol. The number of alkyl halides is 1. The monoisotopic (exact) mass is 214 g/mol. The highest BCUT2D eigenvalue weighted by Crippen LogP contribution is 2.22. The van der Waals surface area contributed by atoms with Crippen molar-refractivity contribution in [3.63, 3.8) is 0 Å². The fourth-order valence-electron chi connectivity index (χ4n) is 1.01. The highest BCUT2D eigenvalue weighted by atomic mass is 35.5. The zero-order chi connectivity index (χ0) is 10.7. The average Bonchev–Trinajstić information content (AvgIpc) is 2.16. The molecule has 0 amide bonds. The van der Waals surface area contributed by atoms with Gasteiger partial charge in [-0.1, -0.05) is 6.92 Å². The van der Waals surface area contributed by atoms with E-state index < -0.39 is 4.92 Å². The molecule has 0 bridgehead atoms. The van der Waals surface area contributed by atoms with E-state index in [0.717, 1.165) is 5.69 Å². The summed E-state index contributed by atoms with van der Waals surface area (Å²) in [6.07, 6.45) is 1.26. The Morgan fingerprint density at radius 2 is 2.14 bits per heavy atom. The van der Waals surface area contributed by atoms with Gasteiger partial charge in [-0.25, -0.2) is 0 Å². The second kappa shape index (κ2) is 4.37. The molecule has 0 fully saturated rings. The molecule has 0 spiro atoms. The smallest absolute Gasteiger partial charge is 0.258 e. The van der Waals surface area contributed by atoms with E-state index in [-0.39, 0.29) is 17.0 Å². The third kappa shape index (κ3) is 2.42. The normalized spacial score (nSPS) is 14.8. The van der Waals surface area contributed by atoms with Gasteiger partial charge in [0, 0.05) is 23.1 Å². The maximum absolute atomic E-state index is 10.4. The van der Waals surface area contributed by atoms with Crippen molar-refractivity contribution in [2.45, 2.75) is 25.1 Å². The van der Waals surface area contributed by atoms with Crippen molar-refractivity contribution in [2.24, 2.45) is 0 Å².